The second-order valence-corrected chi connectivity index (χ2v) is 6.13. The molecule has 1 aromatic rings. The summed E-state index contributed by atoms with van der Waals surface area (Å²) in [6.07, 6.45) is 2.31. The highest BCUT2D eigenvalue weighted by Crippen LogP contribution is 2.26. The molecule has 26 heavy (non-hydrogen) atoms. The fourth-order valence-corrected chi connectivity index (χ4v) is 2.76. The molecule has 1 aliphatic heterocycles. The van der Waals surface area contributed by atoms with E-state index in [1.807, 2.05) is 0 Å². The predicted molar refractivity (Wildman–Crippen MR) is 97.8 cm³/mol. The first-order valence-electron chi connectivity index (χ1n) is 8.06. The summed E-state index contributed by atoms with van der Waals surface area (Å²) in [4.78, 5) is 37.2. The van der Waals surface area contributed by atoms with Gasteiger partial charge in [-0.05, 0) is 31.1 Å². The van der Waals surface area contributed by atoms with E-state index in [2.05, 4.69) is 22.7 Å². The Bertz CT molecular complexity index is 702. The summed E-state index contributed by atoms with van der Waals surface area (Å²) < 4.78 is 5.07. The summed E-state index contributed by atoms with van der Waals surface area (Å²) in [7, 11) is 1.50. The molecule has 2 rings (SSSR count). The van der Waals surface area contributed by atoms with E-state index in [9.17, 15) is 14.4 Å². The molecule has 140 valence electrons. The number of ether oxygens (including phenoxy) is 1. The third-order valence-electron chi connectivity index (χ3n) is 4.07. The van der Waals surface area contributed by atoms with Crippen LogP contribution < -0.4 is 20.9 Å². The van der Waals surface area contributed by atoms with E-state index in [1.54, 1.807) is 23.1 Å². The first-order chi connectivity index (χ1) is 12.4. The molecule has 0 saturated carbocycles. The van der Waals surface area contributed by atoms with Crippen LogP contribution in [-0.2, 0) is 9.59 Å². The second kappa shape index (κ2) is 9.10. The zero-order valence-electron chi connectivity index (χ0n) is 14.4. The van der Waals surface area contributed by atoms with E-state index in [1.165, 1.54) is 13.2 Å². The van der Waals surface area contributed by atoms with Gasteiger partial charge in [0, 0.05) is 25.1 Å². The average molecular weight is 381 g/mol. The number of carbonyl (C=O) groups is 3. The van der Waals surface area contributed by atoms with Crippen molar-refractivity contribution in [2.75, 3.05) is 25.5 Å². The Hall–Kier alpha value is -2.74. The number of halogens is 1. The SMILES string of the molecule is C=CC(=O)N1CCC(C(=O)NNC(=O)Nc2cc(OC)ccc2Cl)CC1. The molecule has 1 aliphatic rings. The Labute approximate surface area is 156 Å². The van der Waals surface area contributed by atoms with Gasteiger partial charge in [-0.3, -0.25) is 15.0 Å². The number of piperidine rings is 1. The van der Waals surface area contributed by atoms with Crippen molar-refractivity contribution in [3.63, 3.8) is 0 Å². The molecule has 9 heteroatoms. The Kier molecular flexibility index (Phi) is 6.85. The van der Waals surface area contributed by atoms with Crippen LogP contribution in [0, 0.1) is 5.92 Å². The Balaban J connectivity index is 1.80. The summed E-state index contributed by atoms with van der Waals surface area (Å²) >= 11 is 6.01. The van der Waals surface area contributed by atoms with Gasteiger partial charge < -0.3 is 15.0 Å². The molecular formula is C17H21ClN4O4. The topological polar surface area (TPSA) is 99.8 Å². The summed E-state index contributed by atoms with van der Waals surface area (Å²) in [6.45, 7) is 4.41. The van der Waals surface area contributed by atoms with Gasteiger partial charge in [0.2, 0.25) is 11.8 Å². The lowest BCUT2D eigenvalue weighted by Gasteiger charge is -2.30. The maximum Gasteiger partial charge on any atom is 0.337 e. The largest absolute Gasteiger partial charge is 0.497 e. The van der Waals surface area contributed by atoms with Crippen LogP contribution >= 0.6 is 11.6 Å². The van der Waals surface area contributed by atoms with Crippen LogP contribution in [0.25, 0.3) is 0 Å². The maximum absolute atomic E-state index is 12.1. The van der Waals surface area contributed by atoms with E-state index in [4.69, 9.17) is 16.3 Å². The van der Waals surface area contributed by atoms with E-state index < -0.39 is 6.03 Å². The molecule has 1 heterocycles. The standard InChI is InChI=1S/C17H21ClN4O4/c1-3-15(23)22-8-6-11(7-9-22)16(24)20-21-17(25)19-14-10-12(26-2)4-5-13(14)18/h3-5,10-11H,1,6-9H2,2H3,(H,20,24)(H2,19,21,25). The van der Waals surface area contributed by atoms with Crippen molar-refractivity contribution in [2.24, 2.45) is 5.92 Å². The number of nitrogens with zero attached hydrogens (tertiary/aromatic N) is 1. The van der Waals surface area contributed by atoms with Gasteiger partial charge >= 0.3 is 6.03 Å². The number of anilines is 1. The van der Waals surface area contributed by atoms with Crippen LogP contribution in [0.4, 0.5) is 10.5 Å². The van der Waals surface area contributed by atoms with Crippen molar-refractivity contribution in [3.8, 4) is 5.75 Å². The lowest BCUT2D eigenvalue weighted by atomic mass is 9.96. The molecule has 8 nitrogen and oxygen atoms in total. The molecule has 1 fully saturated rings. The van der Waals surface area contributed by atoms with Gasteiger partial charge in [0.25, 0.3) is 0 Å². The van der Waals surface area contributed by atoms with Crippen LogP contribution in [0.3, 0.4) is 0 Å². The minimum atomic E-state index is -0.632. The number of rotatable bonds is 4. The van der Waals surface area contributed by atoms with Crippen LogP contribution in [0.2, 0.25) is 5.02 Å². The molecule has 4 amide bonds. The van der Waals surface area contributed by atoms with Gasteiger partial charge in [0.15, 0.2) is 0 Å². The van der Waals surface area contributed by atoms with Gasteiger partial charge in [-0.2, -0.15) is 0 Å². The maximum atomic E-state index is 12.1. The van der Waals surface area contributed by atoms with E-state index >= 15 is 0 Å². The highest BCUT2D eigenvalue weighted by atomic mass is 35.5. The number of amides is 4. The summed E-state index contributed by atoms with van der Waals surface area (Å²) in [5, 5.41) is 2.87. The number of carbonyl (C=O) groups excluding carboxylic acids is 3. The first kappa shape index (κ1) is 19.6. The molecule has 0 radical (unpaired) electrons. The highest BCUT2D eigenvalue weighted by molar-refractivity contribution is 6.33. The van der Waals surface area contributed by atoms with Crippen LogP contribution in [0.5, 0.6) is 5.75 Å². The first-order valence-corrected chi connectivity index (χ1v) is 8.44. The average Bonchev–Trinajstić information content (AvgIpc) is 2.67. The van der Waals surface area contributed by atoms with Crippen molar-refractivity contribution in [1.29, 1.82) is 0 Å². The summed E-state index contributed by atoms with van der Waals surface area (Å²) in [5.74, 6) is -0.182. The number of likely N-dealkylation sites (tertiary alicyclic amines) is 1. The smallest absolute Gasteiger partial charge is 0.337 e. The number of benzene rings is 1. The van der Waals surface area contributed by atoms with E-state index in [0.29, 0.717) is 42.4 Å². The zero-order valence-corrected chi connectivity index (χ0v) is 15.1. The van der Waals surface area contributed by atoms with Gasteiger partial charge in [-0.25, -0.2) is 10.2 Å². The zero-order chi connectivity index (χ0) is 19.1. The van der Waals surface area contributed by atoms with Crippen molar-refractivity contribution >= 4 is 35.1 Å². The normalized spacial score (nSPS) is 14.3. The molecular weight excluding hydrogens is 360 g/mol. The third-order valence-corrected chi connectivity index (χ3v) is 4.40. The minimum Gasteiger partial charge on any atom is -0.497 e. The van der Waals surface area contributed by atoms with Crippen molar-refractivity contribution in [1.82, 2.24) is 15.8 Å². The molecule has 0 unspecified atom stereocenters. The fraction of sp³-hybridized carbons (Fsp3) is 0.353. The van der Waals surface area contributed by atoms with Gasteiger partial charge in [0.05, 0.1) is 17.8 Å². The Morgan fingerprint density at radius 3 is 2.58 bits per heavy atom. The molecule has 0 atom stereocenters. The van der Waals surface area contributed by atoms with Crippen molar-refractivity contribution in [3.05, 3.63) is 35.9 Å². The van der Waals surface area contributed by atoms with E-state index in [0.717, 1.165) is 0 Å². The van der Waals surface area contributed by atoms with Gasteiger partial charge in [0.1, 0.15) is 5.75 Å². The fourth-order valence-electron chi connectivity index (χ4n) is 2.59. The van der Waals surface area contributed by atoms with Crippen LogP contribution in [-0.4, -0.2) is 42.9 Å². The number of methoxy groups -OCH3 is 1. The third kappa shape index (κ3) is 5.13. The molecule has 0 spiro atoms. The lowest BCUT2D eigenvalue weighted by Crippen LogP contribution is -2.49. The number of hydrazine groups is 1. The monoisotopic (exact) mass is 380 g/mol. The predicted octanol–water partition coefficient (Wildman–Crippen LogP) is 1.93. The van der Waals surface area contributed by atoms with Crippen molar-refractivity contribution in [2.45, 2.75) is 12.8 Å². The van der Waals surface area contributed by atoms with E-state index in [-0.39, 0.29) is 17.7 Å². The van der Waals surface area contributed by atoms with Gasteiger partial charge in [-0.15, -0.1) is 0 Å². The summed E-state index contributed by atoms with van der Waals surface area (Å²) in [5.41, 5.74) is 5.03. The molecule has 1 aromatic carbocycles. The number of hydrogen-bond acceptors (Lipinski definition) is 4. The number of nitrogens with one attached hydrogen (secondary N) is 3. The van der Waals surface area contributed by atoms with Crippen LogP contribution in [0.15, 0.2) is 30.9 Å². The summed E-state index contributed by atoms with van der Waals surface area (Å²) in [6, 6.07) is 4.19. The molecule has 0 bridgehead atoms. The minimum absolute atomic E-state index is 0.142. The van der Waals surface area contributed by atoms with Gasteiger partial charge in [-0.1, -0.05) is 18.2 Å². The number of urea groups is 1. The van der Waals surface area contributed by atoms with Crippen molar-refractivity contribution < 1.29 is 19.1 Å². The molecule has 0 aromatic heterocycles. The second-order valence-electron chi connectivity index (χ2n) is 5.72. The highest BCUT2D eigenvalue weighted by Gasteiger charge is 2.26. The Morgan fingerprint density at radius 2 is 1.96 bits per heavy atom. The van der Waals surface area contributed by atoms with Crippen LogP contribution in [0.1, 0.15) is 12.8 Å². The number of hydrogen-bond donors (Lipinski definition) is 3. The molecule has 3 N–H and O–H groups in total. The quantitative estimate of drug-likeness (QED) is 0.549. The lowest BCUT2D eigenvalue weighted by molar-refractivity contribution is -0.132. The molecule has 1 saturated heterocycles. The Morgan fingerprint density at radius 1 is 1.27 bits per heavy atom. The molecule has 0 aliphatic carbocycles.